The summed E-state index contributed by atoms with van der Waals surface area (Å²) in [6.45, 7) is 5.35. The van der Waals surface area contributed by atoms with E-state index in [1.165, 1.54) is 36.2 Å². The van der Waals surface area contributed by atoms with Gasteiger partial charge in [-0.05, 0) is 23.6 Å². The molecule has 0 saturated carbocycles. The lowest BCUT2D eigenvalue weighted by Gasteiger charge is -2.39. The van der Waals surface area contributed by atoms with Gasteiger partial charge in [-0.15, -0.1) is 0 Å². The van der Waals surface area contributed by atoms with E-state index in [1.807, 2.05) is 12.1 Å². The third kappa shape index (κ3) is 7.16. The summed E-state index contributed by atoms with van der Waals surface area (Å²) in [6, 6.07) is 26.6. The van der Waals surface area contributed by atoms with Gasteiger partial charge in [0.05, 0.1) is 18.1 Å². The van der Waals surface area contributed by atoms with Crippen LogP contribution in [0.5, 0.6) is 0 Å². The van der Waals surface area contributed by atoms with Crippen LogP contribution in [-0.2, 0) is 23.9 Å². The van der Waals surface area contributed by atoms with Crippen molar-refractivity contribution in [1.82, 2.24) is 9.80 Å². The number of carbonyl (C=O) groups is 3. The zero-order chi connectivity index (χ0) is 31.9. The first-order chi connectivity index (χ1) is 21.8. The van der Waals surface area contributed by atoms with E-state index in [0.717, 1.165) is 33.3 Å². The monoisotopic (exact) mass is 612 g/mol. The smallest absolute Gasteiger partial charge is 0.318 e. The molecule has 1 saturated heterocycles. The van der Waals surface area contributed by atoms with E-state index in [0.29, 0.717) is 6.54 Å². The number of nitrogens with zero attached hydrogens (tertiary/aromatic N) is 4. The van der Waals surface area contributed by atoms with Crippen LogP contribution in [-0.4, -0.2) is 84.7 Å². The minimum atomic E-state index is -1.44. The minimum Gasteiger partial charge on any atom is -0.468 e. The van der Waals surface area contributed by atoms with Gasteiger partial charge in [-0.1, -0.05) is 72.8 Å². The Balaban J connectivity index is 1.25. The maximum Gasteiger partial charge on any atom is 0.318 e. The number of carbonyl (C=O) groups excluding carboxylic acids is 3. The molecule has 1 amide bonds. The molecule has 0 spiro atoms. The first kappa shape index (κ1) is 31.7. The molecule has 2 aliphatic rings. The van der Waals surface area contributed by atoms with Crippen molar-refractivity contribution in [3.05, 3.63) is 112 Å². The van der Waals surface area contributed by atoms with Crippen LogP contribution in [0, 0.1) is 22.0 Å². The Morgan fingerprint density at radius 1 is 0.911 bits per heavy atom. The highest BCUT2D eigenvalue weighted by Crippen LogP contribution is 2.40. The summed E-state index contributed by atoms with van der Waals surface area (Å²) in [5.74, 6) is -5.88. The van der Waals surface area contributed by atoms with E-state index < -0.39 is 40.5 Å². The second-order valence-electron chi connectivity index (χ2n) is 11.2. The Kier molecular flexibility index (Phi) is 10.1. The van der Waals surface area contributed by atoms with Crippen LogP contribution in [0.2, 0.25) is 0 Å². The molecule has 11 heteroatoms. The molecular formula is C34H36N4O7. The molecular weight excluding hydrogens is 576 g/mol. The number of rotatable bonds is 10. The lowest BCUT2D eigenvalue weighted by Crippen LogP contribution is -2.49. The van der Waals surface area contributed by atoms with Crippen LogP contribution >= 0.6 is 0 Å². The normalized spacial score (nSPS) is 20.8. The number of amides is 1. The van der Waals surface area contributed by atoms with Crippen LogP contribution in [0.3, 0.4) is 0 Å². The predicted octanol–water partition coefficient (Wildman–Crippen LogP) is 4.04. The minimum absolute atomic E-state index is 0.0991. The van der Waals surface area contributed by atoms with Gasteiger partial charge in [-0.25, -0.2) is 4.99 Å². The Morgan fingerprint density at radius 3 is 2.11 bits per heavy atom. The molecule has 3 aromatic carbocycles. The fourth-order valence-corrected chi connectivity index (χ4v) is 6.34. The second-order valence-corrected chi connectivity index (χ2v) is 11.2. The van der Waals surface area contributed by atoms with Gasteiger partial charge in [0.25, 0.3) is 11.6 Å². The number of piperazine rings is 1. The van der Waals surface area contributed by atoms with E-state index >= 15 is 0 Å². The van der Waals surface area contributed by atoms with Crippen LogP contribution in [0.25, 0.3) is 0 Å². The van der Waals surface area contributed by atoms with Gasteiger partial charge >= 0.3 is 11.9 Å². The number of ether oxygens (including phenoxy) is 2. The van der Waals surface area contributed by atoms with Crippen LogP contribution in [0.1, 0.15) is 35.6 Å². The van der Waals surface area contributed by atoms with Gasteiger partial charge < -0.3 is 9.47 Å². The molecule has 1 fully saturated rings. The third-order valence-electron chi connectivity index (χ3n) is 8.55. The zero-order valence-corrected chi connectivity index (χ0v) is 25.3. The van der Waals surface area contributed by atoms with E-state index in [1.54, 1.807) is 6.07 Å². The molecule has 0 N–H and O–H groups in total. The lowest BCUT2D eigenvalue weighted by atomic mass is 9.72. The van der Waals surface area contributed by atoms with Crippen molar-refractivity contribution in [2.75, 3.05) is 46.4 Å². The molecule has 45 heavy (non-hydrogen) atoms. The summed E-state index contributed by atoms with van der Waals surface area (Å²) in [6.07, 6.45) is 0. The van der Waals surface area contributed by atoms with Crippen molar-refractivity contribution < 1.29 is 28.8 Å². The number of nitro benzene ring substituents is 1. The number of benzene rings is 3. The number of esters is 2. The molecule has 0 aliphatic carbocycles. The van der Waals surface area contributed by atoms with E-state index in [2.05, 4.69) is 63.3 Å². The van der Waals surface area contributed by atoms with Crippen molar-refractivity contribution in [2.24, 2.45) is 16.8 Å². The van der Waals surface area contributed by atoms with Gasteiger partial charge in [0.1, 0.15) is 18.4 Å². The molecule has 5 rings (SSSR count). The molecule has 0 radical (unpaired) electrons. The fraction of sp³-hybridized carbons (Fsp3) is 0.353. The number of hydrogen-bond acceptors (Lipinski definition) is 9. The van der Waals surface area contributed by atoms with Crippen LogP contribution in [0.4, 0.5) is 5.69 Å². The summed E-state index contributed by atoms with van der Waals surface area (Å²) in [5.41, 5.74) is 2.71. The second kappa shape index (κ2) is 14.4. The summed E-state index contributed by atoms with van der Waals surface area (Å²) in [5, 5.41) is 11.5. The predicted molar refractivity (Wildman–Crippen MR) is 167 cm³/mol. The molecule has 2 aliphatic heterocycles. The summed E-state index contributed by atoms with van der Waals surface area (Å²) in [7, 11) is 1.14. The standard InChI is InChI=1S/C34H36N4O7/c1-23-28(29(30(32(39)35-23)33(40)44-2)26-14-9-15-27(22-26)38(42)43)34(41)45-21-20-36-16-18-37(19-17-36)31(24-10-5-3-6-11-24)25-12-7-4-8-13-25/h3-15,22,28-31H,16-21H2,1-2H3. The Morgan fingerprint density at radius 2 is 1.53 bits per heavy atom. The highest BCUT2D eigenvalue weighted by atomic mass is 16.6. The Hall–Kier alpha value is -4.74. The van der Waals surface area contributed by atoms with Crippen LogP contribution in [0.15, 0.2) is 89.9 Å². The molecule has 3 aromatic rings. The van der Waals surface area contributed by atoms with Gasteiger partial charge in [0.2, 0.25) is 0 Å². The third-order valence-corrected chi connectivity index (χ3v) is 8.55. The fourth-order valence-electron chi connectivity index (χ4n) is 6.34. The number of non-ortho nitro benzene ring substituents is 1. The molecule has 0 bridgehead atoms. The van der Waals surface area contributed by atoms with E-state index in [4.69, 9.17) is 9.47 Å². The highest BCUT2D eigenvalue weighted by molar-refractivity contribution is 6.14. The number of aliphatic imine (C=N–C) groups is 1. The molecule has 2 heterocycles. The van der Waals surface area contributed by atoms with Gasteiger partial charge in [-0.3, -0.25) is 34.3 Å². The van der Waals surface area contributed by atoms with Crippen molar-refractivity contribution in [3.8, 4) is 0 Å². The maximum atomic E-state index is 13.5. The zero-order valence-electron chi connectivity index (χ0n) is 25.3. The number of hydrogen-bond donors (Lipinski definition) is 0. The SMILES string of the molecule is COC(=O)C1C(=O)N=C(C)C(C(=O)OCCN2CCN(C(c3ccccc3)c3ccccc3)CC2)C1c1cccc([N+](=O)[O-])c1. The highest BCUT2D eigenvalue weighted by Gasteiger charge is 2.49. The van der Waals surface area contributed by atoms with Crippen molar-refractivity contribution in [1.29, 1.82) is 0 Å². The van der Waals surface area contributed by atoms with Gasteiger partial charge in [0, 0.05) is 56.5 Å². The molecule has 3 atom stereocenters. The number of methoxy groups -OCH3 is 1. The van der Waals surface area contributed by atoms with Crippen molar-refractivity contribution >= 4 is 29.2 Å². The summed E-state index contributed by atoms with van der Waals surface area (Å²) >= 11 is 0. The van der Waals surface area contributed by atoms with Crippen molar-refractivity contribution in [2.45, 2.75) is 18.9 Å². The lowest BCUT2D eigenvalue weighted by molar-refractivity contribution is -0.384. The molecule has 3 unspecified atom stereocenters. The largest absolute Gasteiger partial charge is 0.468 e. The molecule has 11 nitrogen and oxygen atoms in total. The molecule has 234 valence electrons. The molecule has 0 aromatic heterocycles. The topological polar surface area (TPSA) is 132 Å². The quantitative estimate of drug-likeness (QED) is 0.144. The first-order valence-corrected chi connectivity index (χ1v) is 14.9. The average molecular weight is 613 g/mol. The Labute approximate surface area is 261 Å². The summed E-state index contributed by atoms with van der Waals surface area (Å²) < 4.78 is 10.6. The van der Waals surface area contributed by atoms with Crippen molar-refractivity contribution in [3.63, 3.8) is 0 Å². The van der Waals surface area contributed by atoms with E-state index in [-0.39, 0.29) is 29.6 Å². The Bertz CT molecular complexity index is 1520. The van der Waals surface area contributed by atoms with E-state index in [9.17, 15) is 24.5 Å². The van der Waals surface area contributed by atoms with Crippen LogP contribution < -0.4 is 0 Å². The maximum absolute atomic E-state index is 13.5. The summed E-state index contributed by atoms with van der Waals surface area (Å²) in [4.78, 5) is 58.7. The number of nitro groups is 1. The average Bonchev–Trinajstić information content (AvgIpc) is 3.06. The first-order valence-electron chi connectivity index (χ1n) is 14.9. The van der Waals surface area contributed by atoms with Gasteiger partial charge in [-0.2, -0.15) is 0 Å². The van der Waals surface area contributed by atoms with Gasteiger partial charge in [0.15, 0.2) is 0 Å².